The molecule has 162 valence electrons. The highest BCUT2D eigenvalue weighted by molar-refractivity contribution is 5.94. The number of aromatic nitrogens is 4. The van der Waals surface area contributed by atoms with E-state index in [2.05, 4.69) is 30.6 Å². The number of anilines is 1. The Labute approximate surface area is 184 Å². The highest BCUT2D eigenvalue weighted by Crippen LogP contribution is 2.28. The second kappa shape index (κ2) is 8.74. The van der Waals surface area contributed by atoms with Crippen LogP contribution in [0.15, 0.2) is 61.1 Å². The summed E-state index contributed by atoms with van der Waals surface area (Å²) in [7, 11) is 0. The molecule has 32 heavy (non-hydrogen) atoms. The van der Waals surface area contributed by atoms with Gasteiger partial charge in [0.1, 0.15) is 5.65 Å². The summed E-state index contributed by atoms with van der Waals surface area (Å²) in [6.07, 6.45) is 8.31. The first-order chi connectivity index (χ1) is 15.7. The zero-order valence-corrected chi connectivity index (χ0v) is 17.4. The van der Waals surface area contributed by atoms with Gasteiger partial charge in [-0.1, -0.05) is 31.0 Å². The summed E-state index contributed by atoms with van der Waals surface area (Å²) in [5.74, 6) is -0.0993. The number of pyridine rings is 1. The molecule has 5 rings (SSSR count). The molecule has 0 spiro atoms. The molecule has 1 aromatic carbocycles. The predicted octanol–water partition coefficient (Wildman–Crippen LogP) is 4.31. The van der Waals surface area contributed by atoms with Crippen molar-refractivity contribution in [3.05, 3.63) is 72.4 Å². The molecule has 0 saturated heterocycles. The third kappa shape index (κ3) is 4.03. The third-order valence-electron chi connectivity index (χ3n) is 5.88. The molecule has 3 heterocycles. The van der Waals surface area contributed by atoms with E-state index in [0.29, 0.717) is 11.4 Å². The minimum atomic E-state index is -0.523. The van der Waals surface area contributed by atoms with Gasteiger partial charge in [-0.15, -0.1) is 0 Å². The highest BCUT2D eigenvalue weighted by Gasteiger charge is 2.28. The van der Waals surface area contributed by atoms with E-state index < -0.39 is 5.82 Å². The van der Waals surface area contributed by atoms with Crippen LogP contribution in [0.2, 0.25) is 0 Å². The lowest BCUT2D eigenvalue weighted by Crippen LogP contribution is -2.48. The van der Waals surface area contributed by atoms with Crippen LogP contribution < -0.4 is 10.6 Å². The first-order valence-corrected chi connectivity index (χ1v) is 10.8. The molecule has 0 aliphatic heterocycles. The molecule has 1 aliphatic rings. The summed E-state index contributed by atoms with van der Waals surface area (Å²) in [5.41, 5.74) is 2.09. The molecular weight excluding hydrogens is 407 g/mol. The van der Waals surface area contributed by atoms with E-state index in [9.17, 15) is 9.18 Å². The maximum absolute atomic E-state index is 14.6. The molecular formula is C24H23FN6O. The maximum Gasteiger partial charge on any atom is 0.251 e. The van der Waals surface area contributed by atoms with E-state index in [1.54, 1.807) is 24.5 Å². The summed E-state index contributed by atoms with van der Waals surface area (Å²) in [6, 6.07) is 12.6. The molecule has 1 saturated carbocycles. The van der Waals surface area contributed by atoms with Crippen LogP contribution >= 0.6 is 0 Å². The van der Waals surface area contributed by atoms with Crippen LogP contribution in [0, 0.1) is 5.82 Å². The zero-order valence-electron chi connectivity index (χ0n) is 17.4. The number of carbonyl (C=O) groups is 1. The predicted molar refractivity (Wildman–Crippen MR) is 121 cm³/mol. The van der Waals surface area contributed by atoms with Crippen molar-refractivity contribution in [3.8, 4) is 11.4 Å². The number of carbonyl (C=O) groups excluding carboxylic acids is 1. The van der Waals surface area contributed by atoms with Crippen molar-refractivity contribution in [2.45, 2.75) is 37.8 Å². The number of nitrogens with zero attached hydrogens (tertiary/aromatic N) is 3. The van der Waals surface area contributed by atoms with Crippen molar-refractivity contribution in [1.82, 2.24) is 25.3 Å². The van der Waals surface area contributed by atoms with Crippen LogP contribution in [-0.2, 0) is 0 Å². The van der Waals surface area contributed by atoms with Gasteiger partial charge in [0, 0.05) is 41.0 Å². The molecule has 4 aromatic rings. The third-order valence-corrected chi connectivity index (χ3v) is 5.88. The fraction of sp³-hybridized carbons (Fsp3) is 0.250. The second-order valence-corrected chi connectivity index (χ2v) is 7.97. The molecule has 1 fully saturated rings. The monoisotopic (exact) mass is 430 g/mol. The molecule has 7 nitrogen and oxygen atoms in total. The number of amides is 1. The van der Waals surface area contributed by atoms with Gasteiger partial charge in [0.15, 0.2) is 17.5 Å². The fourth-order valence-corrected chi connectivity index (χ4v) is 4.23. The number of H-pyrrole nitrogens is 1. The van der Waals surface area contributed by atoms with E-state index in [1.165, 1.54) is 6.20 Å². The van der Waals surface area contributed by atoms with E-state index in [1.807, 2.05) is 30.3 Å². The van der Waals surface area contributed by atoms with E-state index in [0.717, 1.165) is 42.3 Å². The summed E-state index contributed by atoms with van der Waals surface area (Å²) in [5, 5.41) is 7.22. The van der Waals surface area contributed by atoms with Gasteiger partial charge in [0.05, 0.1) is 6.20 Å². The van der Waals surface area contributed by atoms with Gasteiger partial charge >= 0.3 is 0 Å². The van der Waals surface area contributed by atoms with E-state index in [4.69, 9.17) is 0 Å². The normalized spacial score (nSPS) is 18.4. The largest absolute Gasteiger partial charge is 0.363 e. The van der Waals surface area contributed by atoms with Crippen molar-refractivity contribution in [1.29, 1.82) is 0 Å². The van der Waals surface area contributed by atoms with Crippen molar-refractivity contribution in [3.63, 3.8) is 0 Å². The number of benzene rings is 1. The summed E-state index contributed by atoms with van der Waals surface area (Å²) >= 11 is 0. The Kier molecular flexibility index (Phi) is 5.49. The maximum atomic E-state index is 14.6. The van der Waals surface area contributed by atoms with Crippen LogP contribution in [0.25, 0.3) is 22.4 Å². The first-order valence-electron chi connectivity index (χ1n) is 10.8. The summed E-state index contributed by atoms with van der Waals surface area (Å²) in [6.45, 7) is 0. The lowest BCUT2D eigenvalue weighted by Gasteiger charge is -2.33. The van der Waals surface area contributed by atoms with Crippen molar-refractivity contribution >= 4 is 22.8 Å². The molecule has 1 aliphatic carbocycles. The molecule has 0 radical (unpaired) electrons. The van der Waals surface area contributed by atoms with Crippen LogP contribution in [0.3, 0.4) is 0 Å². The van der Waals surface area contributed by atoms with Crippen molar-refractivity contribution in [2.75, 3.05) is 5.32 Å². The minimum absolute atomic E-state index is 0.119. The zero-order chi connectivity index (χ0) is 21.9. The number of rotatable bonds is 5. The molecule has 0 bridgehead atoms. The first kappa shape index (κ1) is 20.1. The lowest BCUT2D eigenvalue weighted by molar-refractivity contribution is 0.0923. The Hall–Kier alpha value is -3.81. The lowest BCUT2D eigenvalue weighted by atomic mass is 9.90. The smallest absolute Gasteiger partial charge is 0.251 e. The van der Waals surface area contributed by atoms with Crippen LogP contribution in [0.5, 0.6) is 0 Å². The van der Waals surface area contributed by atoms with Gasteiger partial charge in [-0.05, 0) is 37.1 Å². The number of aromatic amines is 1. The average Bonchev–Trinajstić information content (AvgIpc) is 3.26. The molecule has 3 aromatic heterocycles. The molecule has 3 N–H and O–H groups in total. The summed E-state index contributed by atoms with van der Waals surface area (Å²) < 4.78 is 14.6. The van der Waals surface area contributed by atoms with Gasteiger partial charge in [0.2, 0.25) is 0 Å². The Bertz CT molecular complexity index is 1240. The highest BCUT2D eigenvalue weighted by atomic mass is 19.1. The van der Waals surface area contributed by atoms with Gasteiger partial charge in [-0.25, -0.2) is 19.3 Å². The van der Waals surface area contributed by atoms with Crippen molar-refractivity contribution < 1.29 is 9.18 Å². The number of nitrogens with one attached hydrogen (secondary N) is 3. The summed E-state index contributed by atoms with van der Waals surface area (Å²) in [4.78, 5) is 28.7. The van der Waals surface area contributed by atoms with E-state index >= 15 is 0 Å². The van der Waals surface area contributed by atoms with Crippen LogP contribution in [0.4, 0.5) is 10.2 Å². The topological polar surface area (TPSA) is 95.6 Å². The Morgan fingerprint density at radius 1 is 1.03 bits per heavy atom. The molecule has 1 amide bonds. The fourth-order valence-electron chi connectivity index (χ4n) is 4.23. The quantitative estimate of drug-likeness (QED) is 0.438. The average molecular weight is 430 g/mol. The number of hydrogen-bond acceptors (Lipinski definition) is 5. The number of halogens is 1. The van der Waals surface area contributed by atoms with Crippen molar-refractivity contribution in [2.24, 2.45) is 0 Å². The number of fused-ring (bicyclic) bond motifs is 1. The Morgan fingerprint density at radius 2 is 1.84 bits per heavy atom. The van der Waals surface area contributed by atoms with Gasteiger partial charge in [0.25, 0.3) is 5.91 Å². The van der Waals surface area contributed by atoms with Gasteiger partial charge < -0.3 is 15.6 Å². The van der Waals surface area contributed by atoms with Gasteiger partial charge in [-0.2, -0.15) is 0 Å². The SMILES string of the molecule is O=C(NC1CCCCC1Nc1nc(-c2c[nH]c3ncccc23)ncc1F)c1ccccc1. The molecule has 2 atom stereocenters. The van der Waals surface area contributed by atoms with E-state index in [-0.39, 0.29) is 23.8 Å². The Balaban J connectivity index is 1.38. The molecule has 8 heteroatoms. The number of hydrogen-bond donors (Lipinski definition) is 3. The minimum Gasteiger partial charge on any atom is -0.363 e. The Morgan fingerprint density at radius 3 is 2.69 bits per heavy atom. The van der Waals surface area contributed by atoms with Crippen LogP contribution in [-0.4, -0.2) is 37.9 Å². The second-order valence-electron chi connectivity index (χ2n) is 7.97. The van der Waals surface area contributed by atoms with Gasteiger partial charge in [-0.3, -0.25) is 4.79 Å². The standard InChI is InChI=1S/C24H23FN6O/c25-18-14-28-22(17-13-27-21-16(17)9-6-12-26-21)31-23(18)29-19-10-4-5-11-20(19)30-24(32)15-7-2-1-3-8-15/h1-3,6-9,12-14,19-20H,4-5,10-11H2,(H,26,27)(H,30,32)(H,28,29,31). The molecule has 2 unspecified atom stereocenters. The van der Waals surface area contributed by atoms with Crippen LogP contribution in [0.1, 0.15) is 36.0 Å².